The van der Waals surface area contributed by atoms with Crippen molar-refractivity contribution in [2.24, 2.45) is 0 Å². The Hall–Kier alpha value is -0.130. The van der Waals surface area contributed by atoms with Gasteiger partial charge in [0, 0.05) is 55.3 Å². The maximum Gasteiger partial charge on any atom is 0.0410 e. The van der Waals surface area contributed by atoms with Crippen LogP contribution < -0.4 is 5.32 Å². The van der Waals surface area contributed by atoms with Crippen molar-refractivity contribution in [2.75, 3.05) is 46.3 Å². The molecule has 0 aromatic heterocycles. The van der Waals surface area contributed by atoms with E-state index in [0.717, 1.165) is 29.1 Å². The van der Waals surface area contributed by atoms with Gasteiger partial charge in [-0.05, 0) is 30.8 Å². The Morgan fingerprint density at radius 1 is 1.26 bits per heavy atom. The molecule has 106 valence electrons. The minimum absolute atomic E-state index is 0.791. The largest absolute Gasteiger partial charge is 0.311 e. The second-order valence-electron chi connectivity index (χ2n) is 5.06. The highest BCUT2D eigenvalue weighted by molar-refractivity contribution is 9.10. The van der Waals surface area contributed by atoms with Gasteiger partial charge in [-0.25, -0.2) is 0 Å². The molecule has 0 atom stereocenters. The number of hydrogen-bond acceptors (Lipinski definition) is 3. The van der Waals surface area contributed by atoms with Crippen molar-refractivity contribution in [3.05, 3.63) is 33.3 Å². The average molecular weight is 347 g/mol. The van der Waals surface area contributed by atoms with E-state index in [-0.39, 0.29) is 0 Å². The normalized spacial score (nSPS) is 17.8. The Morgan fingerprint density at radius 2 is 2.00 bits per heavy atom. The molecule has 0 radical (unpaired) electrons. The van der Waals surface area contributed by atoms with Crippen LogP contribution in [0.2, 0.25) is 5.02 Å². The summed E-state index contributed by atoms with van der Waals surface area (Å²) in [5.41, 5.74) is 1.21. The smallest absolute Gasteiger partial charge is 0.0410 e. The van der Waals surface area contributed by atoms with Crippen LogP contribution in [0.25, 0.3) is 0 Å². The number of halogens is 2. The van der Waals surface area contributed by atoms with Gasteiger partial charge in [-0.1, -0.05) is 27.5 Å². The molecule has 0 spiro atoms. The number of benzene rings is 1. The van der Waals surface area contributed by atoms with Crippen LogP contribution in [0.1, 0.15) is 5.56 Å². The first-order chi connectivity index (χ1) is 9.15. The molecule has 0 aliphatic carbocycles. The monoisotopic (exact) mass is 345 g/mol. The van der Waals surface area contributed by atoms with Crippen LogP contribution in [-0.4, -0.2) is 56.1 Å². The number of rotatable bonds is 5. The lowest BCUT2D eigenvalue weighted by Gasteiger charge is -2.32. The molecule has 0 amide bonds. The molecule has 1 saturated heterocycles. The Kier molecular flexibility index (Phi) is 6.10. The SMILES string of the molecule is CN1CCN(CCNCc2cc(Cl)ccc2Br)CC1. The third-order valence-electron chi connectivity index (χ3n) is 3.52. The molecule has 19 heavy (non-hydrogen) atoms. The van der Waals surface area contributed by atoms with Crippen molar-refractivity contribution in [3.63, 3.8) is 0 Å². The molecule has 5 heteroatoms. The number of nitrogens with zero attached hydrogens (tertiary/aromatic N) is 2. The maximum absolute atomic E-state index is 6.00. The van der Waals surface area contributed by atoms with Crippen molar-refractivity contribution >= 4 is 27.5 Å². The Bertz CT molecular complexity index is 406. The zero-order chi connectivity index (χ0) is 13.7. The van der Waals surface area contributed by atoms with E-state index in [1.165, 1.54) is 31.7 Å². The molecule has 1 aromatic rings. The van der Waals surface area contributed by atoms with Gasteiger partial charge >= 0.3 is 0 Å². The van der Waals surface area contributed by atoms with Gasteiger partial charge in [-0.2, -0.15) is 0 Å². The van der Waals surface area contributed by atoms with Crippen LogP contribution in [0.15, 0.2) is 22.7 Å². The van der Waals surface area contributed by atoms with Crippen molar-refractivity contribution in [3.8, 4) is 0 Å². The third kappa shape index (κ3) is 5.04. The van der Waals surface area contributed by atoms with E-state index in [0.29, 0.717) is 0 Å². The number of piperazine rings is 1. The summed E-state index contributed by atoms with van der Waals surface area (Å²) in [6.07, 6.45) is 0. The molecule has 0 bridgehead atoms. The average Bonchev–Trinajstić information content (AvgIpc) is 2.40. The fraction of sp³-hybridized carbons (Fsp3) is 0.571. The quantitative estimate of drug-likeness (QED) is 0.826. The molecule has 1 aliphatic rings. The highest BCUT2D eigenvalue weighted by atomic mass is 79.9. The Labute approximate surface area is 129 Å². The van der Waals surface area contributed by atoms with Crippen molar-refractivity contribution < 1.29 is 0 Å². The maximum atomic E-state index is 6.00. The fourth-order valence-electron chi connectivity index (χ4n) is 2.21. The van der Waals surface area contributed by atoms with Gasteiger partial charge < -0.3 is 10.2 Å². The third-order valence-corrected chi connectivity index (χ3v) is 4.53. The summed E-state index contributed by atoms with van der Waals surface area (Å²) in [5.74, 6) is 0. The number of nitrogens with one attached hydrogen (secondary N) is 1. The first-order valence-electron chi connectivity index (χ1n) is 6.71. The molecule has 1 aromatic carbocycles. The predicted molar refractivity (Wildman–Crippen MR) is 84.8 cm³/mol. The van der Waals surface area contributed by atoms with Crippen LogP contribution in [0.4, 0.5) is 0 Å². The summed E-state index contributed by atoms with van der Waals surface area (Å²) in [5, 5.41) is 4.28. The van der Waals surface area contributed by atoms with Gasteiger partial charge in [-0.3, -0.25) is 4.90 Å². The summed E-state index contributed by atoms with van der Waals surface area (Å²) >= 11 is 9.55. The van der Waals surface area contributed by atoms with Gasteiger partial charge in [0.05, 0.1) is 0 Å². The number of hydrogen-bond donors (Lipinski definition) is 1. The van der Waals surface area contributed by atoms with Crippen molar-refractivity contribution in [1.29, 1.82) is 0 Å². The van der Waals surface area contributed by atoms with Crippen LogP contribution in [0.5, 0.6) is 0 Å². The molecular formula is C14H21BrClN3. The summed E-state index contributed by atoms with van der Waals surface area (Å²) < 4.78 is 1.11. The number of likely N-dealkylation sites (N-methyl/N-ethyl adjacent to an activating group) is 1. The molecule has 1 aliphatic heterocycles. The van der Waals surface area contributed by atoms with E-state index in [9.17, 15) is 0 Å². The molecule has 0 unspecified atom stereocenters. The van der Waals surface area contributed by atoms with Crippen LogP contribution >= 0.6 is 27.5 Å². The molecule has 2 rings (SSSR count). The second-order valence-corrected chi connectivity index (χ2v) is 6.35. The first-order valence-corrected chi connectivity index (χ1v) is 7.88. The summed E-state index contributed by atoms with van der Waals surface area (Å²) in [6, 6.07) is 5.91. The standard InChI is InChI=1S/C14H21BrClN3/c1-18-6-8-19(9-7-18)5-4-17-11-12-10-13(16)2-3-14(12)15/h2-3,10,17H,4-9,11H2,1H3. The lowest BCUT2D eigenvalue weighted by Crippen LogP contribution is -2.46. The van der Waals surface area contributed by atoms with Gasteiger partial charge in [0.1, 0.15) is 0 Å². The van der Waals surface area contributed by atoms with Gasteiger partial charge in [0.15, 0.2) is 0 Å². The Balaban J connectivity index is 1.68. The second kappa shape index (κ2) is 7.60. The molecule has 1 fully saturated rings. The summed E-state index contributed by atoms with van der Waals surface area (Å²) in [4.78, 5) is 4.90. The van der Waals surface area contributed by atoms with E-state index < -0.39 is 0 Å². The van der Waals surface area contributed by atoms with Crippen LogP contribution in [0, 0.1) is 0 Å². The van der Waals surface area contributed by atoms with Gasteiger partial charge in [0.2, 0.25) is 0 Å². The molecular weight excluding hydrogens is 326 g/mol. The zero-order valence-corrected chi connectivity index (χ0v) is 13.7. The highest BCUT2D eigenvalue weighted by Crippen LogP contribution is 2.20. The lowest BCUT2D eigenvalue weighted by molar-refractivity contribution is 0.154. The summed E-state index contributed by atoms with van der Waals surface area (Å²) in [7, 11) is 2.19. The molecule has 3 nitrogen and oxygen atoms in total. The van der Waals surface area contributed by atoms with E-state index in [4.69, 9.17) is 11.6 Å². The van der Waals surface area contributed by atoms with Crippen LogP contribution in [-0.2, 0) is 6.54 Å². The van der Waals surface area contributed by atoms with Gasteiger partial charge in [0.25, 0.3) is 0 Å². The zero-order valence-electron chi connectivity index (χ0n) is 11.3. The van der Waals surface area contributed by atoms with E-state index >= 15 is 0 Å². The van der Waals surface area contributed by atoms with Gasteiger partial charge in [-0.15, -0.1) is 0 Å². The topological polar surface area (TPSA) is 18.5 Å². The fourth-order valence-corrected chi connectivity index (χ4v) is 2.79. The van der Waals surface area contributed by atoms with Crippen molar-refractivity contribution in [1.82, 2.24) is 15.1 Å². The summed E-state index contributed by atoms with van der Waals surface area (Å²) in [6.45, 7) is 7.71. The van der Waals surface area contributed by atoms with E-state index in [1.54, 1.807) is 0 Å². The van der Waals surface area contributed by atoms with E-state index in [2.05, 4.69) is 38.1 Å². The molecule has 1 N–H and O–H groups in total. The predicted octanol–water partition coefficient (Wildman–Crippen LogP) is 2.44. The molecule has 1 heterocycles. The van der Waals surface area contributed by atoms with E-state index in [1.807, 2.05) is 18.2 Å². The van der Waals surface area contributed by atoms with Crippen molar-refractivity contribution in [2.45, 2.75) is 6.54 Å². The highest BCUT2D eigenvalue weighted by Gasteiger charge is 2.12. The van der Waals surface area contributed by atoms with Crippen LogP contribution in [0.3, 0.4) is 0 Å². The Morgan fingerprint density at radius 3 is 2.74 bits per heavy atom. The minimum Gasteiger partial charge on any atom is -0.311 e. The lowest BCUT2D eigenvalue weighted by atomic mass is 10.2. The molecule has 0 saturated carbocycles. The first kappa shape index (κ1) is 15.3. The minimum atomic E-state index is 0.791.